The van der Waals surface area contributed by atoms with Crippen molar-refractivity contribution in [2.45, 2.75) is 38.5 Å². The molecule has 1 aliphatic rings. The predicted molar refractivity (Wildman–Crippen MR) is 135 cm³/mol. The Balaban J connectivity index is 1.44. The predicted octanol–water partition coefficient (Wildman–Crippen LogP) is 3.55. The summed E-state index contributed by atoms with van der Waals surface area (Å²) in [4.78, 5) is 29.6. The number of halogens is 3. The number of hydrogen-bond donors (Lipinski definition) is 1. The molecule has 0 spiro atoms. The van der Waals surface area contributed by atoms with Gasteiger partial charge in [0.05, 0.1) is 11.7 Å². The molecule has 1 aliphatic heterocycles. The molecule has 1 amide bonds. The highest BCUT2D eigenvalue weighted by Crippen LogP contribution is 2.26. The average Bonchev–Trinajstić information content (AvgIpc) is 3.29. The second-order valence-corrected chi connectivity index (χ2v) is 9.17. The van der Waals surface area contributed by atoms with Gasteiger partial charge in [0.2, 0.25) is 5.91 Å². The molecule has 4 rings (SSSR count). The van der Waals surface area contributed by atoms with E-state index in [1.54, 1.807) is 30.3 Å². The largest absolute Gasteiger partial charge is 0.405 e. The van der Waals surface area contributed by atoms with Crippen molar-refractivity contribution < 1.29 is 18.0 Å². The molecule has 0 saturated carbocycles. The number of amides is 1. The van der Waals surface area contributed by atoms with Gasteiger partial charge in [0.1, 0.15) is 18.9 Å². The summed E-state index contributed by atoms with van der Waals surface area (Å²) >= 11 is 0. The highest BCUT2D eigenvalue weighted by Gasteiger charge is 2.34. The van der Waals surface area contributed by atoms with Crippen LogP contribution in [0, 0.1) is 0 Å². The van der Waals surface area contributed by atoms with E-state index in [9.17, 15) is 22.8 Å². The minimum Gasteiger partial charge on any atom is -0.369 e. The fourth-order valence-corrected chi connectivity index (χ4v) is 4.48. The fraction of sp³-hybridized carbons (Fsp3) is 0.423. The summed E-state index contributed by atoms with van der Waals surface area (Å²) in [5, 5.41) is 6.27. The monoisotopic (exact) mass is 516 g/mol. The normalized spacial score (nSPS) is 16.4. The maximum Gasteiger partial charge on any atom is 0.405 e. The van der Waals surface area contributed by atoms with Crippen molar-refractivity contribution in [1.82, 2.24) is 24.6 Å². The first-order chi connectivity index (χ1) is 17.7. The van der Waals surface area contributed by atoms with Gasteiger partial charge in [-0.15, -0.1) is 0 Å². The van der Waals surface area contributed by atoms with Crippen LogP contribution in [0.5, 0.6) is 0 Å². The highest BCUT2D eigenvalue weighted by atomic mass is 19.4. The standard InChI is InChI=1S/C26H31F3N6O2/c1-3-19(2)35-25(37)34(18-31-35)22-11-9-21(10-12-22)32-13-15-33(16-14-32)23(20-7-5-4-6-8-20)24(36)30-17-26(27,28)29/h4-12,18-19,23H,3,13-17H2,1-2H3,(H,30,36). The number of carbonyl (C=O) groups is 1. The number of aromatic nitrogens is 3. The van der Waals surface area contributed by atoms with E-state index < -0.39 is 24.7 Å². The molecule has 0 bridgehead atoms. The molecule has 3 aromatic rings. The van der Waals surface area contributed by atoms with Gasteiger partial charge in [-0.3, -0.25) is 9.69 Å². The molecule has 2 unspecified atom stereocenters. The molecule has 1 fully saturated rings. The van der Waals surface area contributed by atoms with Crippen LogP contribution in [-0.2, 0) is 4.79 Å². The smallest absolute Gasteiger partial charge is 0.369 e. The van der Waals surface area contributed by atoms with Crippen LogP contribution in [0.2, 0.25) is 0 Å². The van der Waals surface area contributed by atoms with Crippen LogP contribution >= 0.6 is 0 Å². The Hall–Kier alpha value is -3.60. The molecular formula is C26H31F3N6O2. The van der Waals surface area contributed by atoms with Gasteiger partial charge < -0.3 is 10.2 Å². The highest BCUT2D eigenvalue weighted by molar-refractivity contribution is 5.83. The van der Waals surface area contributed by atoms with Gasteiger partial charge in [0.25, 0.3) is 0 Å². The molecule has 198 valence electrons. The third kappa shape index (κ3) is 6.22. The van der Waals surface area contributed by atoms with Crippen LogP contribution in [0.15, 0.2) is 65.7 Å². The van der Waals surface area contributed by atoms with Gasteiger partial charge in [-0.25, -0.2) is 14.0 Å². The van der Waals surface area contributed by atoms with Gasteiger partial charge >= 0.3 is 11.9 Å². The van der Waals surface area contributed by atoms with E-state index >= 15 is 0 Å². The Morgan fingerprint density at radius 2 is 1.62 bits per heavy atom. The van der Waals surface area contributed by atoms with Crippen LogP contribution in [0.1, 0.15) is 37.9 Å². The minimum absolute atomic E-state index is 0.0135. The molecule has 2 atom stereocenters. The molecule has 0 radical (unpaired) electrons. The summed E-state index contributed by atoms with van der Waals surface area (Å²) in [5.41, 5.74) is 2.14. The lowest BCUT2D eigenvalue weighted by Gasteiger charge is -2.39. The Morgan fingerprint density at radius 3 is 2.22 bits per heavy atom. The average molecular weight is 517 g/mol. The van der Waals surface area contributed by atoms with Gasteiger partial charge in [-0.1, -0.05) is 37.3 Å². The van der Waals surface area contributed by atoms with E-state index in [1.165, 1.54) is 15.6 Å². The number of benzene rings is 2. The van der Waals surface area contributed by atoms with E-state index in [0.29, 0.717) is 37.4 Å². The van der Waals surface area contributed by atoms with Crippen LogP contribution in [0.25, 0.3) is 5.69 Å². The van der Waals surface area contributed by atoms with Crippen molar-refractivity contribution in [2.24, 2.45) is 0 Å². The molecule has 11 heteroatoms. The SMILES string of the molecule is CCC(C)n1ncn(-c2ccc(N3CCN(C(C(=O)NCC(F)(F)F)c4ccccc4)CC3)cc2)c1=O. The number of alkyl halides is 3. The number of piperazine rings is 1. The second kappa shape index (κ2) is 11.2. The van der Waals surface area contributed by atoms with Crippen molar-refractivity contribution in [3.8, 4) is 5.69 Å². The number of anilines is 1. The van der Waals surface area contributed by atoms with Gasteiger partial charge in [-0.05, 0) is 43.2 Å². The number of nitrogens with zero attached hydrogens (tertiary/aromatic N) is 5. The van der Waals surface area contributed by atoms with Crippen molar-refractivity contribution in [1.29, 1.82) is 0 Å². The van der Waals surface area contributed by atoms with Crippen LogP contribution in [-0.4, -0.2) is 64.1 Å². The van der Waals surface area contributed by atoms with E-state index in [1.807, 2.05) is 48.3 Å². The lowest BCUT2D eigenvalue weighted by Crippen LogP contribution is -2.51. The summed E-state index contributed by atoms with van der Waals surface area (Å²) in [6, 6.07) is 15.7. The first-order valence-corrected chi connectivity index (χ1v) is 12.3. The maximum absolute atomic E-state index is 12.8. The maximum atomic E-state index is 12.8. The summed E-state index contributed by atoms with van der Waals surface area (Å²) in [7, 11) is 0. The third-order valence-corrected chi connectivity index (χ3v) is 6.70. The van der Waals surface area contributed by atoms with Crippen molar-refractivity contribution >= 4 is 11.6 Å². The molecule has 0 aliphatic carbocycles. The van der Waals surface area contributed by atoms with Gasteiger partial charge in [0.15, 0.2) is 0 Å². The topological polar surface area (TPSA) is 75.4 Å². The van der Waals surface area contributed by atoms with Crippen LogP contribution in [0.4, 0.5) is 18.9 Å². The first-order valence-electron chi connectivity index (χ1n) is 12.3. The third-order valence-electron chi connectivity index (χ3n) is 6.70. The minimum atomic E-state index is -4.47. The van der Waals surface area contributed by atoms with E-state index in [-0.39, 0.29) is 11.7 Å². The van der Waals surface area contributed by atoms with Crippen LogP contribution < -0.4 is 15.9 Å². The zero-order valence-electron chi connectivity index (χ0n) is 20.9. The lowest BCUT2D eigenvalue weighted by molar-refractivity contribution is -0.142. The van der Waals surface area contributed by atoms with E-state index in [2.05, 4.69) is 10.00 Å². The fourth-order valence-electron chi connectivity index (χ4n) is 4.48. The zero-order valence-corrected chi connectivity index (χ0v) is 20.9. The van der Waals surface area contributed by atoms with Crippen molar-refractivity contribution in [3.63, 3.8) is 0 Å². The molecule has 1 N–H and O–H groups in total. The summed E-state index contributed by atoms with van der Waals surface area (Å²) in [6.07, 6.45) is -2.15. The summed E-state index contributed by atoms with van der Waals surface area (Å²) in [6.45, 7) is 4.79. The summed E-state index contributed by atoms with van der Waals surface area (Å²) < 4.78 is 41.1. The Labute approximate surface area is 213 Å². The van der Waals surface area contributed by atoms with Gasteiger partial charge in [0, 0.05) is 31.9 Å². The zero-order chi connectivity index (χ0) is 26.6. The van der Waals surface area contributed by atoms with E-state index in [0.717, 1.165) is 12.1 Å². The second-order valence-electron chi connectivity index (χ2n) is 9.17. The molecule has 1 saturated heterocycles. The van der Waals surface area contributed by atoms with Crippen molar-refractivity contribution in [3.05, 3.63) is 77.0 Å². The number of rotatable bonds is 8. The molecule has 2 aromatic carbocycles. The molecule has 1 aromatic heterocycles. The van der Waals surface area contributed by atoms with Crippen molar-refractivity contribution in [2.75, 3.05) is 37.6 Å². The van der Waals surface area contributed by atoms with Crippen LogP contribution in [0.3, 0.4) is 0 Å². The lowest BCUT2D eigenvalue weighted by atomic mass is 10.0. The Kier molecular flexibility index (Phi) is 8.01. The number of carbonyl (C=O) groups excluding carboxylic acids is 1. The molecule has 8 nitrogen and oxygen atoms in total. The van der Waals surface area contributed by atoms with Gasteiger partial charge in [-0.2, -0.15) is 18.3 Å². The molecule has 2 heterocycles. The quantitative estimate of drug-likeness (QED) is 0.496. The number of nitrogens with one attached hydrogen (secondary N) is 1. The molecular weight excluding hydrogens is 485 g/mol. The Bertz CT molecular complexity index is 1230. The summed E-state index contributed by atoms with van der Waals surface area (Å²) in [5.74, 6) is -0.662. The first kappa shape index (κ1) is 26.5. The Morgan fingerprint density at radius 1 is 1.00 bits per heavy atom. The number of hydrogen-bond acceptors (Lipinski definition) is 5. The van der Waals surface area contributed by atoms with E-state index in [4.69, 9.17) is 0 Å². The molecule has 37 heavy (non-hydrogen) atoms.